The Kier molecular flexibility index (Phi) is 7.74. The number of esters is 1. The van der Waals surface area contributed by atoms with E-state index in [4.69, 9.17) is 13.9 Å². The van der Waals surface area contributed by atoms with Crippen LogP contribution in [0.5, 0.6) is 11.5 Å². The van der Waals surface area contributed by atoms with Gasteiger partial charge in [0, 0.05) is 4.47 Å². The third kappa shape index (κ3) is 5.77. The average molecular weight is 555 g/mol. The summed E-state index contributed by atoms with van der Waals surface area (Å²) in [5.41, 5.74) is 1.75. The molecule has 2 aromatic carbocycles. The molecule has 36 heavy (non-hydrogen) atoms. The van der Waals surface area contributed by atoms with E-state index in [0.717, 1.165) is 14.9 Å². The molecule has 2 heterocycles. The van der Waals surface area contributed by atoms with E-state index in [1.165, 1.54) is 19.2 Å². The predicted octanol–water partition coefficient (Wildman–Crippen LogP) is 4.90. The smallest absolute Gasteiger partial charge is 0.373 e. The highest BCUT2D eigenvalue weighted by atomic mass is 79.9. The Balaban J connectivity index is 1.48. The van der Waals surface area contributed by atoms with Gasteiger partial charge < -0.3 is 23.9 Å². The van der Waals surface area contributed by atoms with Crippen molar-refractivity contribution in [1.82, 2.24) is 10.2 Å². The van der Waals surface area contributed by atoms with Gasteiger partial charge in [-0.3, -0.25) is 9.69 Å². The number of methoxy groups -OCH3 is 1. The average Bonchev–Trinajstić information content (AvgIpc) is 3.45. The molecule has 1 aliphatic rings. The molecule has 4 rings (SSSR count). The summed E-state index contributed by atoms with van der Waals surface area (Å²) in [5.74, 6) is 0.165. The molecule has 3 aromatic rings. The summed E-state index contributed by atoms with van der Waals surface area (Å²) in [6, 6.07) is 15.4. The monoisotopic (exact) mass is 554 g/mol. The van der Waals surface area contributed by atoms with Crippen LogP contribution in [0, 0.1) is 0 Å². The molecule has 0 spiro atoms. The van der Waals surface area contributed by atoms with Gasteiger partial charge >= 0.3 is 12.0 Å². The van der Waals surface area contributed by atoms with Crippen molar-refractivity contribution in [3.63, 3.8) is 0 Å². The number of urea groups is 1. The topological polar surface area (TPSA) is 107 Å². The minimum Gasteiger partial charge on any atom is -0.490 e. The van der Waals surface area contributed by atoms with Gasteiger partial charge in [0.15, 0.2) is 11.5 Å². The number of halogens is 1. The van der Waals surface area contributed by atoms with Gasteiger partial charge in [0.2, 0.25) is 5.76 Å². The van der Waals surface area contributed by atoms with Crippen LogP contribution in [-0.4, -0.2) is 36.5 Å². The molecule has 1 aliphatic heterocycles. The fourth-order valence-electron chi connectivity index (χ4n) is 3.45. The number of carbonyl (C=O) groups is 3. The van der Waals surface area contributed by atoms with E-state index in [9.17, 15) is 14.4 Å². The largest absolute Gasteiger partial charge is 0.490 e. The van der Waals surface area contributed by atoms with Crippen LogP contribution < -0.4 is 14.8 Å². The number of hydrogen-bond acceptors (Lipinski definition) is 7. The van der Waals surface area contributed by atoms with Crippen LogP contribution in [0.1, 0.15) is 34.4 Å². The molecule has 1 aromatic heterocycles. The number of carbonyl (C=O) groups excluding carboxylic acids is 3. The zero-order valence-electron chi connectivity index (χ0n) is 19.6. The van der Waals surface area contributed by atoms with Crippen LogP contribution in [-0.2, 0) is 22.7 Å². The Morgan fingerprint density at radius 1 is 1.06 bits per heavy atom. The van der Waals surface area contributed by atoms with Crippen molar-refractivity contribution in [3.8, 4) is 11.5 Å². The molecule has 0 radical (unpaired) electrons. The van der Waals surface area contributed by atoms with Gasteiger partial charge in [-0.1, -0.05) is 34.1 Å². The Morgan fingerprint density at radius 3 is 2.56 bits per heavy atom. The van der Waals surface area contributed by atoms with Gasteiger partial charge in [-0.15, -0.1) is 0 Å². The SMILES string of the molecule is CCOc1cc(/C=C2\NC(=O)N(Cc3ccc(C(=O)OC)o3)C2=O)ccc1OCc1ccc(Br)cc1. The van der Waals surface area contributed by atoms with Crippen molar-refractivity contribution in [1.29, 1.82) is 0 Å². The van der Waals surface area contributed by atoms with Crippen LogP contribution in [0.15, 0.2) is 69.2 Å². The van der Waals surface area contributed by atoms with Gasteiger partial charge in [0.05, 0.1) is 20.3 Å². The van der Waals surface area contributed by atoms with Crippen molar-refractivity contribution >= 4 is 39.9 Å². The second kappa shape index (κ2) is 11.1. The highest BCUT2D eigenvalue weighted by Crippen LogP contribution is 2.31. The van der Waals surface area contributed by atoms with Gasteiger partial charge in [0.25, 0.3) is 5.91 Å². The van der Waals surface area contributed by atoms with E-state index in [0.29, 0.717) is 30.3 Å². The molecule has 1 fully saturated rings. The standard InChI is InChI=1S/C26H23BrN2O7/c1-3-34-23-13-17(6-10-21(23)35-15-16-4-7-18(27)8-5-16)12-20-24(30)29(26(32)28-20)14-19-9-11-22(36-19)25(31)33-2/h4-13H,3,14-15H2,1-2H3,(H,28,32)/b20-12-. The first kappa shape index (κ1) is 25.1. The molecular weight excluding hydrogens is 532 g/mol. The van der Waals surface area contributed by atoms with Crippen LogP contribution in [0.4, 0.5) is 4.79 Å². The van der Waals surface area contributed by atoms with Gasteiger partial charge in [-0.2, -0.15) is 0 Å². The van der Waals surface area contributed by atoms with Gasteiger partial charge in [0.1, 0.15) is 18.1 Å². The number of nitrogens with zero attached hydrogens (tertiary/aromatic N) is 1. The molecule has 9 nitrogen and oxygen atoms in total. The first-order valence-electron chi connectivity index (χ1n) is 11.0. The highest BCUT2D eigenvalue weighted by Gasteiger charge is 2.34. The molecule has 0 aliphatic carbocycles. The first-order chi connectivity index (χ1) is 17.4. The number of benzene rings is 2. The summed E-state index contributed by atoms with van der Waals surface area (Å²) in [6.07, 6.45) is 1.56. The summed E-state index contributed by atoms with van der Waals surface area (Å²) in [6.45, 7) is 2.52. The van der Waals surface area contributed by atoms with E-state index in [1.54, 1.807) is 24.3 Å². The Morgan fingerprint density at radius 2 is 1.83 bits per heavy atom. The number of nitrogens with one attached hydrogen (secondary N) is 1. The quantitative estimate of drug-likeness (QED) is 0.227. The fourth-order valence-corrected chi connectivity index (χ4v) is 3.72. The molecule has 0 bridgehead atoms. The second-order valence-electron chi connectivity index (χ2n) is 7.69. The lowest BCUT2D eigenvalue weighted by atomic mass is 10.1. The molecular formula is C26H23BrN2O7. The van der Waals surface area contributed by atoms with Crippen molar-refractivity contribution in [2.24, 2.45) is 0 Å². The van der Waals surface area contributed by atoms with E-state index >= 15 is 0 Å². The zero-order valence-corrected chi connectivity index (χ0v) is 21.2. The summed E-state index contributed by atoms with van der Waals surface area (Å²) in [7, 11) is 1.23. The van der Waals surface area contributed by atoms with E-state index < -0.39 is 17.9 Å². The zero-order chi connectivity index (χ0) is 25.7. The third-order valence-electron chi connectivity index (χ3n) is 5.21. The number of hydrogen-bond donors (Lipinski definition) is 1. The van der Waals surface area contributed by atoms with Crippen LogP contribution in [0.3, 0.4) is 0 Å². The fraction of sp³-hybridized carbons (Fsp3) is 0.192. The molecule has 10 heteroatoms. The number of furan rings is 1. The summed E-state index contributed by atoms with van der Waals surface area (Å²) >= 11 is 3.41. The maximum absolute atomic E-state index is 12.9. The Hall–Kier alpha value is -4.05. The van der Waals surface area contributed by atoms with E-state index in [-0.39, 0.29) is 23.8 Å². The molecule has 1 N–H and O–H groups in total. The second-order valence-corrected chi connectivity index (χ2v) is 8.61. The molecule has 0 unspecified atom stereocenters. The summed E-state index contributed by atoms with van der Waals surface area (Å²) in [5, 5.41) is 2.57. The summed E-state index contributed by atoms with van der Waals surface area (Å²) < 4.78 is 22.6. The lowest BCUT2D eigenvalue weighted by Gasteiger charge is -2.13. The lowest BCUT2D eigenvalue weighted by molar-refractivity contribution is -0.123. The van der Waals surface area contributed by atoms with Crippen molar-refractivity contribution < 1.29 is 33.0 Å². The van der Waals surface area contributed by atoms with Crippen LogP contribution >= 0.6 is 15.9 Å². The third-order valence-corrected chi connectivity index (χ3v) is 5.74. The highest BCUT2D eigenvalue weighted by molar-refractivity contribution is 9.10. The predicted molar refractivity (Wildman–Crippen MR) is 133 cm³/mol. The Labute approximate surface area is 215 Å². The molecule has 186 valence electrons. The van der Waals surface area contributed by atoms with Crippen molar-refractivity contribution in [3.05, 3.63) is 87.4 Å². The first-order valence-corrected chi connectivity index (χ1v) is 11.8. The molecule has 0 saturated carbocycles. The van der Waals surface area contributed by atoms with Crippen LogP contribution in [0.2, 0.25) is 0 Å². The maximum atomic E-state index is 12.9. The van der Waals surface area contributed by atoms with Crippen LogP contribution in [0.25, 0.3) is 6.08 Å². The minimum absolute atomic E-state index is 0.0128. The van der Waals surface area contributed by atoms with Crippen molar-refractivity contribution in [2.75, 3.05) is 13.7 Å². The number of imide groups is 1. The molecule has 3 amide bonds. The van der Waals surface area contributed by atoms with E-state index in [2.05, 4.69) is 26.0 Å². The number of rotatable bonds is 9. The Bertz CT molecular complexity index is 1310. The maximum Gasteiger partial charge on any atom is 0.373 e. The lowest BCUT2D eigenvalue weighted by Crippen LogP contribution is -2.30. The number of amides is 3. The normalized spacial score (nSPS) is 14.2. The van der Waals surface area contributed by atoms with E-state index in [1.807, 2.05) is 31.2 Å². The van der Waals surface area contributed by atoms with Gasteiger partial charge in [-0.25, -0.2) is 9.59 Å². The minimum atomic E-state index is -0.645. The number of ether oxygens (including phenoxy) is 3. The molecule has 1 saturated heterocycles. The molecule has 0 atom stereocenters. The van der Waals surface area contributed by atoms with Gasteiger partial charge in [-0.05, 0) is 60.5 Å². The van der Waals surface area contributed by atoms with Crippen molar-refractivity contribution in [2.45, 2.75) is 20.1 Å². The summed E-state index contributed by atoms with van der Waals surface area (Å²) in [4.78, 5) is 37.8.